The fourth-order valence-electron chi connectivity index (χ4n) is 2.96. The van der Waals surface area contributed by atoms with Crippen molar-refractivity contribution in [3.63, 3.8) is 0 Å². The monoisotopic (exact) mass is 283 g/mol. The van der Waals surface area contributed by atoms with Crippen molar-refractivity contribution in [1.29, 1.82) is 0 Å². The lowest BCUT2D eigenvalue weighted by Crippen LogP contribution is -2.34. The maximum absolute atomic E-state index is 12.9. The summed E-state index contributed by atoms with van der Waals surface area (Å²) >= 11 is 0. The third-order valence-electron chi connectivity index (χ3n) is 4.57. The van der Waals surface area contributed by atoms with E-state index in [-0.39, 0.29) is 5.91 Å². The molecule has 0 saturated heterocycles. The number of benzene rings is 1. The van der Waals surface area contributed by atoms with E-state index in [2.05, 4.69) is 9.88 Å². The van der Waals surface area contributed by atoms with Crippen LogP contribution < -0.4 is 5.73 Å². The first-order chi connectivity index (χ1) is 10.2. The number of nitrogen functional groups attached to an aromatic ring is 1. The summed E-state index contributed by atoms with van der Waals surface area (Å²) in [5.41, 5.74) is 8.25. The number of rotatable bonds is 5. The second kappa shape index (κ2) is 4.79. The first-order valence-electron chi connectivity index (χ1n) is 7.86. The van der Waals surface area contributed by atoms with Crippen LogP contribution >= 0.6 is 0 Å². The molecule has 0 atom stereocenters. The van der Waals surface area contributed by atoms with Crippen LogP contribution in [0.25, 0.3) is 10.9 Å². The average Bonchev–Trinajstić information content (AvgIpc) is 3.38. The van der Waals surface area contributed by atoms with Gasteiger partial charge in [0.15, 0.2) is 0 Å². The molecule has 4 heteroatoms. The molecule has 1 amide bonds. The Balaban J connectivity index is 1.62. The molecule has 1 heterocycles. The number of carbonyl (C=O) groups excluding carboxylic acids is 1. The van der Waals surface area contributed by atoms with E-state index in [1.165, 1.54) is 25.7 Å². The summed E-state index contributed by atoms with van der Waals surface area (Å²) in [6.07, 6.45) is 6.94. The molecule has 21 heavy (non-hydrogen) atoms. The van der Waals surface area contributed by atoms with Gasteiger partial charge in [-0.25, -0.2) is 0 Å². The molecule has 0 unspecified atom stereocenters. The lowest BCUT2D eigenvalue weighted by atomic mass is 10.1. The van der Waals surface area contributed by atoms with Gasteiger partial charge in [0.25, 0.3) is 5.91 Å². The summed E-state index contributed by atoms with van der Waals surface area (Å²) < 4.78 is 0. The van der Waals surface area contributed by atoms with Crippen molar-refractivity contribution in [2.24, 2.45) is 11.8 Å². The van der Waals surface area contributed by atoms with Gasteiger partial charge >= 0.3 is 0 Å². The van der Waals surface area contributed by atoms with Gasteiger partial charge in [-0.1, -0.05) is 0 Å². The zero-order chi connectivity index (χ0) is 14.4. The number of nitrogens with zero attached hydrogens (tertiary/aromatic N) is 1. The third-order valence-corrected chi connectivity index (χ3v) is 4.57. The third kappa shape index (κ3) is 2.62. The largest absolute Gasteiger partial charge is 0.399 e. The maximum Gasteiger partial charge on any atom is 0.256 e. The molecule has 2 saturated carbocycles. The highest BCUT2D eigenvalue weighted by Gasteiger charge is 2.32. The Morgan fingerprint density at radius 2 is 1.86 bits per heavy atom. The van der Waals surface area contributed by atoms with E-state index >= 15 is 0 Å². The summed E-state index contributed by atoms with van der Waals surface area (Å²) in [5, 5.41) is 0.978. The van der Waals surface area contributed by atoms with Gasteiger partial charge in [0.2, 0.25) is 0 Å². The summed E-state index contributed by atoms with van der Waals surface area (Å²) in [6.45, 7) is 1.86. The van der Waals surface area contributed by atoms with Gasteiger partial charge in [-0.3, -0.25) is 4.79 Å². The molecule has 2 aliphatic rings. The predicted molar refractivity (Wildman–Crippen MR) is 84.1 cm³/mol. The number of aromatic amines is 1. The van der Waals surface area contributed by atoms with E-state index in [1.807, 2.05) is 24.4 Å². The molecular weight excluding hydrogens is 262 g/mol. The Kier molecular flexibility index (Phi) is 2.91. The van der Waals surface area contributed by atoms with Crippen LogP contribution in [0.15, 0.2) is 24.4 Å². The molecule has 1 aromatic carbocycles. The van der Waals surface area contributed by atoms with Crippen molar-refractivity contribution < 1.29 is 4.79 Å². The summed E-state index contributed by atoms with van der Waals surface area (Å²) in [6, 6.07) is 5.69. The Bertz CT molecular complexity index is 668. The van der Waals surface area contributed by atoms with Gasteiger partial charge in [0.05, 0.1) is 5.56 Å². The van der Waals surface area contributed by atoms with E-state index in [1.54, 1.807) is 0 Å². The fourth-order valence-corrected chi connectivity index (χ4v) is 2.96. The molecule has 4 rings (SSSR count). The van der Waals surface area contributed by atoms with E-state index in [0.717, 1.165) is 47.1 Å². The van der Waals surface area contributed by atoms with Gasteiger partial charge in [0, 0.05) is 35.9 Å². The quantitative estimate of drug-likeness (QED) is 0.829. The van der Waals surface area contributed by atoms with Crippen LogP contribution in [0.5, 0.6) is 0 Å². The highest BCUT2D eigenvalue weighted by Crippen LogP contribution is 2.34. The number of anilines is 1. The number of H-pyrrole nitrogens is 1. The normalized spacial score (nSPS) is 18.1. The van der Waals surface area contributed by atoms with Gasteiger partial charge in [-0.2, -0.15) is 0 Å². The molecule has 4 nitrogen and oxygen atoms in total. The van der Waals surface area contributed by atoms with Crippen LogP contribution in [-0.2, 0) is 0 Å². The zero-order valence-electron chi connectivity index (χ0n) is 12.1. The smallest absolute Gasteiger partial charge is 0.256 e. The molecule has 2 fully saturated rings. The van der Waals surface area contributed by atoms with Crippen molar-refractivity contribution in [3.05, 3.63) is 30.0 Å². The molecule has 3 N–H and O–H groups in total. The highest BCUT2D eigenvalue weighted by atomic mass is 16.2. The lowest BCUT2D eigenvalue weighted by molar-refractivity contribution is 0.0741. The Labute approximate surface area is 124 Å². The fraction of sp³-hybridized carbons (Fsp3) is 0.471. The van der Waals surface area contributed by atoms with E-state index in [9.17, 15) is 4.79 Å². The van der Waals surface area contributed by atoms with Crippen LogP contribution in [0.2, 0.25) is 0 Å². The maximum atomic E-state index is 12.9. The summed E-state index contributed by atoms with van der Waals surface area (Å²) in [5.74, 6) is 1.63. The molecule has 1 aromatic heterocycles. The van der Waals surface area contributed by atoms with Crippen LogP contribution in [0.1, 0.15) is 36.0 Å². The molecule has 110 valence electrons. The topological polar surface area (TPSA) is 62.1 Å². The number of aromatic nitrogens is 1. The van der Waals surface area contributed by atoms with Gasteiger partial charge in [0.1, 0.15) is 0 Å². The van der Waals surface area contributed by atoms with Gasteiger partial charge in [-0.15, -0.1) is 0 Å². The van der Waals surface area contributed by atoms with Crippen LogP contribution in [0.3, 0.4) is 0 Å². The Morgan fingerprint density at radius 1 is 1.19 bits per heavy atom. The lowest BCUT2D eigenvalue weighted by Gasteiger charge is -2.22. The first-order valence-corrected chi connectivity index (χ1v) is 7.86. The number of hydrogen-bond acceptors (Lipinski definition) is 2. The standard InChI is InChI=1S/C17H21N3O/c18-13-5-6-14-15(8-19-16(14)7-13)17(21)20(9-11-1-2-11)10-12-3-4-12/h5-8,11-12,19H,1-4,9-10,18H2. The Morgan fingerprint density at radius 3 is 2.48 bits per heavy atom. The minimum atomic E-state index is 0.171. The van der Waals surface area contributed by atoms with Crippen LogP contribution in [-0.4, -0.2) is 28.9 Å². The van der Waals surface area contributed by atoms with Crippen molar-refractivity contribution in [3.8, 4) is 0 Å². The predicted octanol–water partition coefficient (Wildman–Crippen LogP) is 3.01. The number of hydrogen-bond donors (Lipinski definition) is 2. The van der Waals surface area contributed by atoms with Crippen molar-refractivity contribution in [2.75, 3.05) is 18.8 Å². The summed E-state index contributed by atoms with van der Waals surface area (Å²) in [4.78, 5) is 18.2. The van der Waals surface area contributed by atoms with Crippen molar-refractivity contribution in [2.45, 2.75) is 25.7 Å². The number of carbonyl (C=O) groups is 1. The zero-order valence-corrected chi connectivity index (χ0v) is 12.1. The first kappa shape index (κ1) is 12.7. The molecular formula is C17H21N3O. The molecule has 0 spiro atoms. The highest BCUT2D eigenvalue weighted by molar-refractivity contribution is 6.07. The number of amides is 1. The average molecular weight is 283 g/mol. The van der Waals surface area contributed by atoms with E-state index in [0.29, 0.717) is 0 Å². The molecule has 2 aliphatic carbocycles. The molecule has 2 aromatic rings. The second-order valence-corrected chi connectivity index (χ2v) is 6.60. The second-order valence-electron chi connectivity index (χ2n) is 6.60. The van der Waals surface area contributed by atoms with Crippen LogP contribution in [0, 0.1) is 11.8 Å². The van der Waals surface area contributed by atoms with Crippen LogP contribution in [0.4, 0.5) is 5.69 Å². The van der Waals surface area contributed by atoms with Crippen molar-refractivity contribution >= 4 is 22.5 Å². The Hall–Kier alpha value is -1.97. The van der Waals surface area contributed by atoms with E-state index in [4.69, 9.17) is 5.73 Å². The van der Waals surface area contributed by atoms with Gasteiger partial charge < -0.3 is 15.6 Å². The molecule has 0 bridgehead atoms. The number of nitrogens with one attached hydrogen (secondary N) is 1. The summed E-state index contributed by atoms with van der Waals surface area (Å²) in [7, 11) is 0. The minimum absolute atomic E-state index is 0.171. The number of nitrogens with two attached hydrogens (primary N) is 1. The van der Waals surface area contributed by atoms with E-state index < -0.39 is 0 Å². The minimum Gasteiger partial charge on any atom is -0.399 e. The molecule has 0 aliphatic heterocycles. The SMILES string of the molecule is Nc1ccc2c(C(=O)N(CC3CC3)CC3CC3)c[nH]c2c1. The number of fused-ring (bicyclic) bond motifs is 1. The molecule has 0 radical (unpaired) electrons. The van der Waals surface area contributed by atoms with Crippen molar-refractivity contribution in [1.82, 2.24) is 9.88 Å². The van der Waals surface area contributed by atoms with Gasteiger partial charge in [-0.05, 0) is 55.7 Å².